The van der Waals surface area contributed by atoms with E-state index in [1.165, 1.54) is 11.0 Å². The van der Waals surface area contributed by atoms with Gasteiger partial charge in [0.2, 0.25) is 0 Å². The molecule has 0 saturated carbocycles. The molecule has 0 aliphatic carbocycles. The summed E-state index contributed by atoms with van der Waals surface area (Å²) in [4.78, 5) is 13.9. The van der Waals surface area contributed by atoms with Gasteiger partial charge in [-0.2, -0.15) is 24.9 Å². The van der Waals surface area contributed by atoms with Gasteiger partial charge in [0.1, 0.15) is 0 Å². The minimum atomic E-state index is -4.46. The van der Waals surface area contributed by atoms with Crippen molar-refractivity contribution in [2.75, 3.05) is 19.1 Å². The van der Waals surface area contributed by atoms with Crippen LogP contribution in [0.15, 0.2) is 22.7 Å². The van der Waals surface area contributed by atoms with Gasteiger partial charge in [0.15, 0.2) is 0 Å². The third-order valence-electron chi connectivity index (χ3n) is 3.25. The second kappa shape index (κ2) is 7.54. The Hall–Kier alpha value is -0.690. The van der Waals surface area contributed by atoms with Crippen LogP contribution in [0.2, 0.25) is 0 Å². The summed E-state index contributed by atoms with van der Waals surface area (Å²) in [6, 6.07) is 3.07. The fraction of sp³-hybridized carbons (Fsp3) is 0.500. The van der Waals surface area contributed by atoms with E-state index in [1.54, 1.807) is 18.8 Å². The van der Waals surface area contributed by atoms with Crippen molar-refractivity contribution in [3.8, 4) is 0 Å². The Bertz CT molecular complexity index is 507. The standard InChI is InChI=1S/C14H17BrF3NOS/c1-9(6-7-21-3)19(2)13(20)11-8-10(14(16,17)18)4-5-12(11)15/h4-5,8-9H,6-7H2,1-3H3. The highest BCUT2D eigenvalue weighted by atomic mass is 79.9. The Labute approximate surface area is 135 Å². The first-order valence-electron chi connectivity index (χ1n) is 6.31. The Balaban J connectivity index is 3.01. The largest absolute Gasteiger partial charge is 0.416 e. The fourth-order valence-corrected chi connectivity index (χ4v) is 2.73. The van der Waals surface area contributed by atoms with Crippen molar-refractivity contribution in [1.82, 2.24) is 4.90 Å². The molecule has 118 valence electrons. The molecule has 1 aromatic carbocycles. The highest BCUT2D eigenvalue weighted by Crippen LogP contribution is 2.32. The maximum atomic E-state index is 12.7. The van der Waals surface area contributed by atoms with E-state index in [4.69, 9.17) is 0 Å². The van der Waals surface area contributed by atoms with Crippen molar-refractivity contribution in [1.29, 1.82) is 0 Å². The normalized spacial score (nSPS) is 13.1. The van der Waals surface area contributed by atoms with Gasteiger partial charge in [-0.3, -0.25) is 4.79 Å². The number of hydrogen-bond acceptors (Lipinski definition) is 2. The molecule has 0 aliphatic rings. The van der Waals surface area contributed by atoms with E-state index in [2.05, 4.69) is 15.9 Å². The third kappa shape index (κ3) is 4.92. The molecule has 21 heavy (non-hydrogen) atoms. The van der Waals surface area contributed by atoms with Crippen LogP contribution in [0.5, 0.6) is 0 Å². The number of amides is 1. The molecule has 0 heterocycles. The summed E-state index contributed by atoms with van der Waals surface area (Å²) in [5.74, 6) is 0.476. The molecular weight excluding hydrogens is 367 g/mol. The average molecular weight is 384 g/mol. The van der Waals surface area contributed by atoms with Gasteiger partial charge < -0.3 is 4.90 Å². The number of halogens is 4. The summed E-state index contributed by atoms with van der Waals surface area (Å²) in [7, 11) is 1.61. The highest BCUT2D eigenvalue weighted by Gasteiger charge is 2.32. The van der Waals surface area contributed by atoms with Gasteiger partial charge in [-0.05, 0) is 59.5 Å². The van der Waals surface area contributed by atoms with Crippen molar-refractivity contribution < 1.29 is 18.0 Å². The van der Waals surface area contributed by atoms with E-state index in [1.807, 2.05) is 13.2 Å². The number of rotatable bonds is 5. The summed E-state index contributed by atoms with van der Waals surface area (Å²) < 4.78 is 38.6. The van der Waals surface area contributed by atoms with E-state index in [0.717, 1.165) is 24.3 Å². The number of carbonyl (C=O) groups is 1. The van der Waals surface area contributed by atoms with Crippen LogP contribution in [-0.2, 0) is 6.18 Å². The molecular formula is C14H17BrF3NOS. The molecule has 1 atom stereocenters. The SMILES string of the molecule is CSCCC(C)N(C)C(=O)c1cc(C(F)(F)F)ccc1Br. The lowest BCUT2D eigenvalue weighted by Crippen LogP contribution is -2.35. The second-order valence-corrected chi connectivity index (χ2v) is 6.58. The van der Waals surface area contributed by atoms with Crippen molar-refractivity contribution in [2.45, 2.75) is 25.6 Å². The zero-order chi connectivity index (χ0) is 16.2. The number of thioether (sulfide) groups is 1. The smallest absolute Gasteiger partial charge is 0.339 e. The lowest BCUT2D eigenvalue weighted by atomic mass is 10.1. The van der Waals surface area contributed by atoms with Crippen molar-refractivity contribution in [3.63, 3.8) is 0 Å². The molecule has 0 aliphatic heterocycles. The summed E-state index contributed by atoms with van der Waals surface area (Å²) in [5, 5.41) is 0. The number of benzene rings is 1. The maximum absolute atomic E-state index is 12.7. The number of carbonyl (C=O) groups excluding carboxylic acids is 1. The first kappa shape index (κ1) is 18.4. The van der Waals surface area contributed by atoms with Crippen LogP contribution in [0.1, 0.15) is 29.3 Å². The minimum Gasteiger partial charge on any atom is -0.339 e. The van der Waals surface area contributed by atoms with Gasteiger partial charge in [0, 0.05) is 17.6 Å². The van der Waals surface area contributed by atoms with Gasteiger partial charge in [0.25, 0.3) is 5.91 Å². The second-order valence-electron chi connectivity index (χ2n) is 4.74. The molecule has 1 aromatic rings. The quantitative estimate of drug-likeness (QED) is 0.735. The van der Waals surface area contributed by atoms with Gasteiger partial charge in [-0.25, -0.2) is 0 Å². The minimum absolute atomic E-state index is 0.0309. The predicted octanol–water partition coefficient (Wildman–Crippen LogP) is 4.68. The Morgan fingerprint density at radius 1 is 1.43 bits per heavy atom. The first-order valence-corrected chi connectivity index (χ1v) is 8.50. The lowest BCUT2D eigenvalue weighted by Gasteiger charge is -2.25. The predicted molar refractivity (Wildman–Crippen MR) is 83.7 cm³/mol. The maximum Gasteiger partial charge on any atom is 0.416 e. The van der Waals surface area contributed by atoms with Crippen LogP contribution >= 0.6 is 27.7 Å². The van der Waals surface area contributed by atoms with E-state index in [0.29, 0.717) is 4.47 Å². The third-order valence-corrected chi connectivity index (χ3v) is 4.58. The number of nitrogens with zero attached hydrogens (tertiary/aromatic N) is 1. The molecule has 0 fully saturated rings. The number of hydrogen-bond donors (Lipinski definition) is 0. The van der Waals surface area contributed by atoms with E-state index in [9.17, 15) is 18.0 Å². The monoisotopic (exact) mass is 383 g/mol. The van der Waals surface area contributed by atoms with Crippen LogP contribution in [0.25, 0.3) is 0 Å². The molecule has 1 amide bonds. The van der Waals surface area contributed by atoms with Gasteiger partial charge in [0.05, 0.1) is 11.1 Å². The molecule has 0 spiro atoms. The lowest BCUT2D eigenvalue weighted by molar-refractivity contribution is -0.137. The fourth-order valence-electron chi connectivity index (χ4n) is 1.74. The summed E-state index contributed by atoms with van der Waals surface area (Å²) in [6.07, 6.45) is -1.70. The molecule has 1 unspecified atom stereocenters. The average Bonchev–Trinajstić information content (AvgIpc) is 2.42. The number of alkyl halides is 3. The summed E-state index contributed by atoms with van der Waals surface area (Å²) in [5.41, 5.74) is -0.789. The van der Waals surface area contributed by atoms with Gasteiger partial charge >= 0.3 is 6.18 Å². The van der Waals surface area contributed by atoms with E-state index in [-0.39, 0.29) is 11.6 Å². The van der Waals surface area contributed by atoms with Crippen LogP contribution in [0.3, 0.4) is 0 Å². The van der Waals surface area contributed by atoms with Crippen molar-refractivity contribution in [3.05, 3.63) is 33.8 Å². The molecule has 0 saturated heterocycles. The van der Waals surface area contributed by atoms with Crippen LogP contribution in [-0.4, -0.2) is 35.9 Å². The summed E-state index contributed by atoms with van der Waals surface area (Å²) in [6.45, 7) is 1.88. The zero-order valence-corrected chi connectivity index (χ0v) is 14.4. The van der Waals surface area contributed by atoms with Crippen LogP contribution < -0.4 is 0 Å². The Morgan fingerprint density at radius 3 is 2.57 bits per heavy atom. The molecule has 0 aromatic heterocycles. The van der Waals surface area contributed by atoms with Crippen molar-refractivity contribution in [2.24, 2.45) is 0 Å². The molecule has 2 nitrogen and oxygen atoms in total. The molecule has 1 rings (SSSR count). The van der Waals surface area contributed by atoms with Crippen LogP contribution in [0, 0.1) is 0 Å². The van der Waals surface area contributed by atoms with E-state index >= 15 is 0 Å². The van der Waals surface area contributed by atoms with Crippen LogP contribution in [0.4, 0.5) is 13.2 Å². The van der Waals surface area contributed by atoms with E-state index < -0.39 is 17.6 Å². The molecule has 0 radical (unpaired) electrons. The van der Waals surface area contributed by atoms with Gasteiger partial charge in [-0.1, -0.05) is 0 Å². The zero-order valence-electron chi connectivity index (χ0n) is 12.0. The highest BCUT2D eigenvalue weighted by molar-refractivity contribution is 9.10. The Morgan fingerprint density at radius 2 is 2.05 bits per heavy atom. The Kier molecular flexibility index (Phi) is 6.59. The van der Waals surface area contributed by atoms with Crippen molar-refractivity contribution >= 4 is 33.6 Å². The van der Waals surface area contributed by atoms with Gasteiger partial charge in [-0.15, -0.1) is 0 Å². The molecule has 7 heteroatoms. The first-order chi connectivity index (χ1) is 9.68. The molecule has 0 N–H and O–H groups in total. The molecule has 0 bridgehead atoms. The summed E-state index contributed by atoms with van der Waals surface area (Å²) >= 11 is 4.82. The topological polar surface area (TPSA) is 20.3 Å².